The highest BCUT2D eigenvalue weighted by molar-refractivity contribution is 6.02. The minimum absolute atomic E-state index is 0.228. The van der Waals surface area contributed by atoms with E-state index < -0.39 is 29.5 Å². The Morgan fingerprint density at radius 1 is 1.12 bits per heavy atom. The van der Waals surface area contributed by atoms with Gasteiger partial charge in [0.25, 0.3) is 5.91 Å². The number of aromatic nitrogens is 3. The van der Waals surface area contributed by atoms with Gasteiger partial charge in [0.15, 0.2) is 5.69 Å². The number of amides is 1. The number of nitrogens with zero attached hydrogens (tertiary/aromatic N) is 3. The third-order valence-electron chi connectivity index (χ3n) is 3.11. The summed E-state index contributed by atoms with van der Waals surface area (Å²) in [6.45, 7) is 1.12. The third kappa shape index (κ3) is 3.49. The number of anilines is 1. The van der Waals surface area contributed by atoms with E-state index in [-0.39, 0.29) is 17.1 Å². The molecule has 0 aromatic carbocycles. The van der Waals surface area contributed by atoms with Crippen LogP contribution in [0.1, 0.15) is 27.3 Å². The number of rotatable bonds is 2. The molecule has 130 valence electrons. The predicted molar refractivity (Wildman–Crippen MR) is 70.1 cm³/mol. The van der Waals surface area contributed by atoms with E-state index in [9.17, 15) is 31.1 Å². The number of carbonyl (C=O) groups excluding carboxylic acids is 1. The first-order valence-corrected chi connectivity index (χ1v) is 6.36. The van der Waals surface area contributed by atoms with Crippen molar-refractivity contribution in [3.05, 3.63) is 40.8 Å². The van der Waals surface area contributed by atoms with Gasteiger partial charge in [-0.2, -0.15) is 31.4 Å². The molecule has 5 nitrogen and oxygen atoms in total. The number of nitrogens with one attached hydrogen (secondary N) is 1. The van der Waals surface area contributed by atoms with E-state index >= 15 is 0 Å². The largest absolute Gasteiger partial charge is 0.435 e. The summed E-state index contributed by atoms with van der Waals surface area (Å²) in [6, 6.07) is 1.48. The van der Waals surface area contributed by atoms with E-state index in [4.69, 9.17) is 0 Å². The van der Waals surface area contributed by atoms with Crippen LogP contribution in [0.5, 0.6) is 0 Å². The highest BCUT2D eigenvalue weighted by Gasteiger charge is 2.38. The molecule has 11 heteroatoms. The lowest BCUT2D eigenvalue weighted by Gasteiger charge is -2.08. The number of carbonyl (C=O) groups is 1. The average Bonchev–Trinajstić information content (AvgIpc) is 2.74. The number of pyridine rings is 1. The summed E-state index contributed by atoms with van der Waals surface area (Å²) in [5.74, 6) is -1.18. The number of aryl methyl sites for hydroxylation is 1. The van der Waals surface area contributed by atoms with Gasteiger partial charge < -0.3 is 5.32 Å². The van der Waals surface area contributed by atoms with E-state index in [1.165, 1.54) is 7.05 Å². The molecule has 0 saturated carbocycles. The first kappa shape index (κ1) is 17.8. The zero-order valence-corrected chi connectivity index (χ0v) is 12.2. The van der Waals surface area contributed by atoms with E-state index in [2.05, 4.69) is 15.4 Å². The lowest BCUT2D eigenvalue weighted by Crippen LogP contribution is -2.17. The Bertz CT molecular complexity index is 760. The molecule has 0 saturated heterocycles. The van der Waals surface area contributed by atoms with Crippen LogP contribution in [0.15, 0.2) is 18.3 Å². The van der Waals surface area contributed by atoms with E-state index in [1.54, 1.807) is 0 Å². The second-order valence-corrected chi connectivity index (χ2v) is 4.83. The fourth-order valence-corrected chi connectivity index (χ4v) is 1.94. The van der Waals surface area contributed by atoms with Gasteiger partial charge in [0.2, 0.25) is 0 Å². The second kappa shape index (κ2) is 5.80. The van der Waals surface area contributed by atoms with Crippen molar-refractivity contribution in [1.82, 2.24) is 14.8 Å². The zero-order valence-electron chi connectivity index (χ0n) is 12.2. The molecule has 1 amide bonds. The first-order valence-electron chi connectivity index (χ1n) is 6.36. The van der Waals surface area contributed by atoms with Crippen LogP contribution in [0.2, 0.25) is 0 Å². The highest BCUT2D eigenvalue weighted by atomic mass is 19.4. The molecule has 1 N–H and O–H groups in total. The van der Waals surface area contributed by atoms with Crippen molar-refractivity contribution in [3.8, 4) is 0 Å². The molecule has 24 heavy (non-hydrogen) atoms. The van der Waals surface area contributed by atoms with Crippen molar-refractivity contribution in [1.29, 1.82) is 0 Å². The summed E-state index contributed by atoms with van der Waals surface area (Å²) in [5, 5.41) is 5.45. The molecule has 0 radical (unpaired) electrons. The molecule has 0 spiro atoms. The highest BCUT2D eigenvalue weighted by Crippen LogP contribution is 2.34. The third-order valence-corrected chi connectivity index (χ3v) is 3.11. The molecule has 0 aliphatic heterocycles. The molecule has 0 aliphatic carbocycles. The number of hydrogen-bond donors (Lipinski definition) is 1. The van der Waals surface area contributed by atoms with Crippen LogP contribution in [0.3, 0.4) is 0 Å². The van der Waals surface area contributed by atoms with Gasteiger partial charge in [-0.15, -0.1) is 0 Å². The summed E-state index contributed by atoms with van der Waals surface area (Å²) < 4.78 is 76.4. The molecule has 0 aliphatic rings. The Kier molecular flexibility index (Phi) is 4.29. The smallest absolute Gasteiger partial charge is 0.305 e. The van der Waals surface area contributed by atoms with Crippen LogP contribution in [0.4, 0.5) is 32.2 Å². The number of halogens is 6. The normalized spacial score (nSPS) is 12.3. The minimum atomic E-state index is -4.70. The monoisotopic (exact) mass is 352 g/mol. The second-order valence-electron chi connectivity index (χ2n) is 4.83. The van der Waals surface area contributed by atoms with Crippen molar-refractivity contribution in [2.75, 3.05) is 5.32 Å². The van der Waals surface area contributed by atoms with Crippen molar-refractivity contribution in [3.63, 3.8) is 0 Å². The van der Waals surface area contributed by atoms with Crippen molar-refractivity contribution in [2.24, 2.45) is 7.05 Å². The molecule has 0 unspecified atom stereocenters. The molecule has 0 fully saturated rings. The summed E-state index contributed by atoms with van der Waals surface area (Å²) in [7, 11) is 1.19. The van der Waals surface area contributed by atoms with Crippen molar-refractivity contribution in [2.45, 2.75) is 19.3 Å². The Balaban J connectivity index is 2.26. The average molecular weight is 352 g/mol. The fourth-order valence-electron chi connectivity index (χ4n) is 1.94. The van der Waals surface area contributed by atoms with Crippen molar-refractivity contribution < 1.29 is 31.1 Å². The van der Waals surface area contributed by atoms with Gasteiger partial charge in [-0.25, -0.2) is 0 Å². The van der Waals surface area contributed by atoms with Gasteiger partial charge in [-0.3, -0.25) is 14.5 Å². The topological polar surface area (TPSA) is 59.8 Å². The van der Waals surface area contributed by atoms with Gasteiger partial charge in [-0.05, 0) is 19.1 Å². The van der Waals surface area contributed by atoms with Gasteiger partial charge >= 0.3 is 12.4 Å². The lowest BCUT2D eigenvalue weighted by atomic mass is 10.2. The van der Waals surface area contributed by atoms with E-state index in [0.717, 1.165) is 17.7 Å². The predicted octanol–water partition coefficient (Wildman–Crippen LogP) is 3.41. The van der Waals surface area contributed by atoms with E-state index in [0.29, 0.717) is 12.3 Å². The quantitative estimate of drug-likeness (QED) is 0.843. The summed E-state index contributed by atoms with van der Waals surface area (Å²) >= 11 is 0. The molecule has 2 aromatic heterocycles. The molecular formula is C13H10F6N4O. The maximum absolute atomic E-state index is 12.8. The van der Waals surface area contributed by atoms with Crippen LogP contribution in [0.25, 0.3) is 0 Å². The molecule has 2 aromatic rings. The zero-order chi connectivity index (χ0) is 18.3. The Morgan fingerprint density at radius 2 is 1.75 bits per heavy atom. The van der Waals surface area contributed by atoms with Crippen LogP contribution in [0, 0.1) is 6.92 Å². The van der Waals surface area contributed by atoms with Crippen LogP contribution in [-0.4, -0.2) is 20.7 Å². The molecular weight excluding hydrogens is 342 g/mol. The van der Waals surface area contributed by atoms with E-state index in [1.807, 2.05) is 0 Å². The van der Waals surface area contributed by atoms with Gasteiger partial charge in [-0.1, -0.05) is 0 Å². The van der Waals surface area contributed by atoms with Gasteiger partial charge in [0.1, 0.15) is 11.5 Å². The molecule has 2 heterocycles. The summed E-state index contributed by atoms with van der Waals surface area (Å²) in [5.41, 5.74) is -2.90. The summed E-state index contributed by atoms with van der Waals surface area (Å²) in [6.07, 6.45) is -8.84. The lowest BCUT2D eigenvalue weighted by molar-refractivity contribution is -0.142. The van der Waals surface area contributed by atoms with Gasteiger partial charge in [0.05, 0.1) is 5.56 Å². The maximum Gasteiger partial charge on any atom is 0.435 e. The Labute approximate surface area is 131 Å². The first-order chi connectivity index (χ1) is 10.9. The summed E-state index contributed by atoms with van der Waals surface area (Å²) in [4.78, 5) is 15.3. The number of hydrogen-bond acceptors (Lipinski definition) is 3. The molecule has 0 atom stereocenters. The standard InChI is InChI=1S/C13H10F6N4O/c1-6-9(13(17,18)19)22-23(2)10(6)21-11(24)8-4-3-7(5-20-8)12(14,15)16/h3-5H,1-2H3,(H,21,24). The molecule has 0 bridgehead atoms. The maximum atomic E-state index is 12.8. The van der Waals surface area contributed by atoms with Crippen molar-refractivity contribution >= 4 is 11.7 Å². The van der Waals surface area contributed by atoms with Gasteiger partial charge in [0, 0.05) is 18.8 Å². The fraction of sp³-hybridized carbons (Fsp3) is 0.308. The molecule has 2 rings (SSSR count). The Morgan fingerprint density at radius 3 is 2.17 bits per heavy atom. The minimum Gasteiger partial charge on any atom is -0.305 e. The number of alkyl halides is 6. The van der Waals surface area contributed by atoms with Crippen LogP contribution in [-0.2, 0) is 19.4 Å². The Hall–Kier alpha value is -2.59. The SMILES string of the molecule is Cc1c(C(F)(F)F)nn(C)c1NC(=O)c1ccc(C(F)(F)F)cn1. The van der Waals surface area contributed by atoms with Crippen LogP contribution >= 0.6 is 0 Å². The van der Waals surface area contributed by atoms with Crippen LogP contribution < -0.4 is 5.32 Å².